The van der Waals surface area contributed by atoms with Crippen molar-refractivity contribution >= 4 is 12.4 Å². The van der Waals surface area contributed by atoms with E-state index in [0.29, 0.717) is 0 Å². The largest absolute Gasteiger partial charge is 0.300 e. The predicted octanol–water partition coefficient (Wildman–Crippen LogP) is 4.23. The molecule has 1 aliphatic heterocycles. The highest BCUT2D eigenvalue weighted by Crippen LogP contribution is 2.37. The van der Waals surface area contributed by atoms with Crippen molar-refractivity contribution in [2.75, 3.05) is 13.1 Å². The third-order valence-corrected chi connectivity index (χ3v) is 4.57. The SMILES string of the molecule is Cl.c1ccc([C@H]2CCCC[C@H]2N2CCCC2)cc1. The van der Waals surface area contributed by atoms with Crippen LogP contribution in [0.1, 0.15) is 50.0 Å². The second kappa shape index (κ2) is 6.58. The van der Waals surface area contributed by atoms with Gasteiger partial charge in [0.05, 0.1) is 0 Å². The predicted molar refractivity (Wildman–Crippen MR) is 79.5 cm³/mol. The molecule has 0 unspecified atom stereocenters. The lowest BCUT2D eigenvalue weighted by Crippen LogP contribution is -2.39. The Morgan fingerprint density at radius 1 is 0.833 bits per heavy atom. The summed E-state index contributed by atoms with van der Waals surface area (Å²) >= 11 is 0. The van der Waals surface area contributed by atoms with Gasteiger partial charge in [0, 0.05) is 6.04 Å². The van der Waals surface area contributed by atoms with Crippen LogP contribution < -0.4 is 0 Å². The lowest BCUT2D eigenvalue weighted by Gasteiger charge is -2.38. The van der Waals surface area contributed by atoms with Crippen molar-refractivity contribution in [3.63, 3.8) is 0 Å². The van der Waals surface area contributed by atoms with E-state index in [1.54, 1.807) is 5.56 Å². The molecule has 0 amide bonds. The fourth-order valence-corrected chi connectivity index (χ4v) is 3.71. The fourth-order valence-electron chi connectivity index (χ4n) is 3.71. The van der Waals surface area contributed by atoms with Crippen molar-refractivity contribution in [2.24, 2.45) is 0 Å². The first-order valence-corrected chi connectivity index (χ1v) is 7.24. The van der Waals surface area contributed by atoms with Crippen LogP contribution in [-0.2, 0) is 0 Å². The van der Waals surface area contributed by atoms with Gasteiger partial charge in [-0.05, 0) is 50.3 Å². The summed E-state index contributed by atoms with van der Waals surface area (Å²) in [5, 5.41) is 0. The van der Waals surface area contributed by atoms with Gasteiger partial charge in [0.1, 0.15) is 0 Å². The Hall–Kier alpha value is -0.530. The van der Waals surface area contributed by atoms with Crippen LogP contribution in [0.5, 0.6) is 0 Å². The van der Waals surface area contributed by atoms with Crippen LogP contribution in [0.3, 0.4) is 0 Å². The zero-order chi connectivity index (χ0) is 11.5. The highest BCUT2D eigenvalue weighted by Gasteiger charge is 2.32. The first-order chi connectivity index (χ1) is 8.45. The van der Waals surface area contributed by atoms with E-state index < -0.39 is 0 Å². The van der Waals surface area contributed by atoms with Crippen LogP contribution in [0.2, 0.25) is 0 Å². The van der Waals surface area contributed by atoms with Gasteiger partial charge in [-0.1, -0.05) is 43.2 Å². The van der Waals surface area contributed by atoms with Crippen molar-refractivity contribution in [3.8, 4) is 0 Å². The van der Waals surface area contributed by atoms with E-state index in [-0.39, 0.29) is 12.4 Å². The Morgan fingerprint density at radius 3 is 2.22 bits per heavy atom. The minimum absolute atomic E-state index is 0. The van der Waals surface area contributed by atoms with Crippen LogP contribution in [0.25, 0.3) is 0 Å². The zero-order valence-corrected chi connectivity index (χ0v) is 11.9. The van der Waals surface area contributed by atoms with Crippen molar-refractivity contribution in [1.29, 1.82) is 0 Å². The van der Waals surface area contributed by atoms with Crippen LogP contribution in [0.4, 0.5) is 0 Å². The second-order valence-corrected chi connectivity index (χ2v) is 5.61. The molecule has 2 fully saturated rings. The second-order valence-electron chi connectivity index (χ2n) is 5.61. The lowest BCUT2D eigenvalue weighted by molar-refractivity contribution is 0.166. The van der Waals surface area contributed by atoms with E-state index in [1.165, 1.54) is 51.6 Å². The zero-order valence-electron chi connectivity index (χ0n) is 11.1. The summed E-state index contributed by atoms with van der Waals surface area (Å²) in [5.74, 6) is 0.794. The molecule has 0 spiro atoms. The molecule has 18 heavy (non-hydrogen) atoms. The summed E-state index contributed by atoms with van der Waals surface area (Å²) in [6.45, 7) is 2.68. The minimum Gasteiger partial charge on any atom is -0.300 e. The molecule has 1 saturated carbocycles. The van der Waals surface area contributed by atoms with Crippen LogP contribution in [-0.4, -0.2) is 24.0 Å². The average molecular weight is 266 g/mol. The van der Waals surface area contributed by atoms with Crippen LogP contribution in [0, 0.1) is 0 Å². The minimum atomic E-state index is 0. The summed E-state index contributed by atoms with van der Waals surface area (Å²) in [6.07, 6.45) is 8.50. The summed E-state index contributed by atoms with van der Waals surface area (Å²) in [4.78, 5) is 2.76. The Kier molecular flexibility index (Phi) is 5.08. The van der Waals surface area contributed by atoms with Gasteiger partial charge < -0.3 is 0 Å². The molecule has 3 rings (SSSR count). The molecule has 1 nitrogen and oxygen atoms in total. The molecule has 1 saturated heterocycles. The van der Waals surface area contributed by atoms with Gasteiger partial charge in [-0.15, -0.1) is 12.4 Å². The topological polar surface area (TPSA) is 3.24 Å². The Morgan fingerprint density at radius 2 is 1.50 bits per heavy atom. The molecule has 1 aromatic rings. The monoisotopic (exact) mass is 265 g/mol. The quantitative estimate of drug-likeness (QED) is 0.774. The third-order valence-electron chi connectivity index (χ3n) is 4.57. The van der Waals surface area contributed by atoms with Gasteiger partial charge in [0.15, 0.2) is 0 Å². The molecule has 2 atom stereocenters. The molecule has 1 heterocycles. The molecule has 100 valence electrons. The van der Waals surface area contributed by atoms with E-state index in [2.05, 4.69) is 35.2 Å². The lowest BCUT2D eigenvalue weighted by atomic mass is 9.79. The molecule has 2 heteroatoms. The third kappa shape index (κ3) is 2.89. The maximum absolute atomic E-state index is 2.76. The van der Waals surface area contributed by atoms with Crippen molar-refractivity contribution in [1.82, 2.24) is 4.90 Å². The molecule has 2 aliphatic rings. The molecule has 0 N–H and O–H groups in total. The number of benzene rings is 1. The molecular weight excluding hydrogens is 242 g/mol. The smallest absolute Gasteiger partial charge is 0.0164 e. The maximum atomic E-state index is 2.76. The molecule has 0 aromatic heterocycles. The summed E-state index contributed by atoms with van der Waals surface area (Å²) in [7, 11) is 0. The number of hydrogen-bond donors (Lipinski definition) is 0. The first kappa shape index (κ1) is 13.9. The number of halogens is 1. The summed E-state index contributed by atoms with van der Waals surface area (Å²) in [6, 6.07) is 12.0. The Bertz CT molecular complexity index is 345. The van der Waals surface area contributed by atoms with E-state index in [0.717, 1.165) is 12.0 Å². The van der Waals surface area contributed by atoms with E-state index in [4.69, 9.17) is 0 Å². The van der Waals surface area contributed by atoms with Crippen LogP contribution >= 0.6 is 12.4 Å². The van der Waals surface area contributed by atoms with E-state index in [9.17, 15) is 0 Å². The van der Waals surface area contributed by atoms with E-state index in [1.807, 2.05) is 0 Å². The summed E-state index contributed by atoms with van der Waals surface area (Å²) < 4.78 is 0. The van der Waals surface area contributed by atoms with Crippen molar-refractivity contribution in [3.05, 3.63) is 35.9 Å². The van der Waals surface area contributed by atoms with E-state index >= 15 is 0 Å². The normalized spacial score (nSPS) is 28.9. The average Bonchev–Trinajstić information content (AvgIpc) is 2.94. The van der Waals surface area contributed by atoms with Gasteiger partial charge in [-0.25, -0.2) is 0 Å². The Labute approximate surface area is 117 Å². The van der Waals surface area contributed by atoms with Gasteiger partial charge in [-0.3, -0.25) is 4.90 Å². The Balaban J connectivity index is 0.00000120. The highest BCUT2D eigenvalue weighted by molar-refractivity contribution is 5.85. The molecule has 0 bridgehead atoms. The van der Waals surface area contributed by atoms with Crippen LogP contribution in [0.15, 0.2) is 30.3 Å². The van der Waals surface area contributed by atoms with Gasteiger partial charge >= 0.3 is 0 Å². The summed E-state index contributed by atoms with van der Waals surface area (Å²) in [5.41, 5.74) is 1.57. The van der Waals surface area contributed by atoms with Crippen molar-refractivity contribution < 1.29 is 0 Å². The molecular formula is C16H24ClN. The number of likely N-dealkylation sites (tertiary alicyclic amines) is 1. The molecule has 0 radical (unpaired) electrons. The first-order valence-electron chi connectivity index (χ1n) is 7.24. The van der Waals surface area contributed by atoms with Crippen molar-refractivity contribution in [2.45, 2.75) is 50.5 Å². The number of nitrogens with zero attached hydrogens (tertiary/aromatic N) is 1. The van der Waals surface area contributed by atoms with Gasteiger partial charge in [-0.2, -0.15) is 0 Å². The highest BCUT2D eigenvalue weighted by atomic mass is 35.5. The van der Waals surface area contributed by atoms with Gasteiger partial charge in [0.25, 0.3) is 0 Å². The fraction of sp³-hybridized carbons (Fsp3) is 0.625. The van der Waals surface area contributed by atoms with Gasteiger partial charge in [0.2, 0.25) is 0 Å². The molecule has 1 aromatic carbocycles. The number of hydrogen-bond acceptors (Lipinski definition) is 1. The molecule has 1 aliphatic carbocycles. The maximum Gasteiger partial charge on any atom is 0.0164 e. The number of rotatable bonds is 2. The standard InChI is InChI=1S/C16H23N.ClH/c1-2-8-14(9-3-1)15-10-4-5-11-16(15)17-12-6-7-13-17;/h1-3,8-9,15-16H,4-7,10-13H2;1H/t15-,16-;/m1./s1.